The molecule has 126 valence electrons. The zero-order chi connectivity index (χ0) is 17.6. The number of hydrogen-bond donors (Lipinski definition) is 1. The van der Waals surface area contributed by atoms with E-state index in [0.29, 0.717) is 12.1 Å². The largest absolute Gasteiger partial charge is 0.369 e. The molecule has 0 aliphatic rings. The van der Waals surface area contributed by atoms with Crippen LogP contribution in [0.2, 0.25) is 0 Å². The number of para-hydroxylation sites is 1. The first kappa shape index (κ1) is 16.6. The van der Waals surface area contributed by atoms with Gasteiger partial charge in [-0.05, 0) is 23.8 Å². The first-order valence-electron chi connectivity index (χ1n) is 7.89. The lowest BCUT2D eigenvalue weighted by molar-refractivity contribution is 0.102. The second-order valence-electron chi connectivity index (χ2n) is 5.71. The summed E-state index contributed by atoms with van der Waals surface area (Å²) in [4.78, 5) is 18.5. The van der Waals surface area contributed by atoms with Gasteiger partial charge in [-0.1, -0.05) is 42.5 Å². The molecule has 1 N–H and O–H groups in total. The van der Waals surface area contributed by atoms with Crippen LogP contribution in [0, 0.1) is 5.82 Å². The van der Waals surface area contributed by atoms with Crippen molar-refractivity contribution in [1.82, 2.24) is 4.98 Å². The summed E-state index contributed by atoms with van der Waals surface area (Å²) in [6.07, 6.45) is 3.17. The Balaban J connectivity index is 1.74. The Morgan fingerprint density at radius 1 is 1.08 bits per heavy atom. The maximum absolute atomic E-state index is 13.7. The van der Waals surface area contributed by atoms with Crippen LogP contribution < -0.4 is 10.2 Å². The van der Waals surface area contributed by atoms with E-state index in [1.54, 1.807) is 24.4 Å². The molecule has 4 nitrogen and oxygen atoms in total. The van der Waals surface area contributed by atoms with E-state index < -0.39 is 11.7 Å². The molecule has 5 heteroatoms. The highest BCUT2D eigenvalue weighted by molar-refractivity contribution is 6.04. The van der Waals surface area contributed by atoms with Gasteiger partial charge in [0.2, 0.25) is 0 Å². The molecular formula is C20H18FN3O. The number of aromatic nitrogens is 1. The normalized spacial score (nSPS) is 10.3. The fraction of sp³-hybridized carbons (Fsp3) is 0.100. The molecule has 0 atom stereocenters. The van der Waals surface area contributed by atoms with Crippen molar-refractivity contribution in [2.75, 3.05) is 17.3 Å². The number of hydrogen-bond acceptors (Lipinski definition) is 3. The molecule has 1 amide bonds. The Hall–Kier alpha value is -3.21. The van der Waals surface area contributed by atoms with E-state index in [4.69, 9.17) is 0 Å². The molecule has 0 saturated heterocycles. The van der Waals surface area contributed by atoms with E-state index in [-0.39, 0.29) is 5.69 Å². The summed E-state index contributed by atoms with van der Waals surface area (Å²) in [7, 11) is 1.93. The van der Waals surface area contributed by atoms with Crippen LogP contribution in [-0.2, 0) is 6.54 Å². The lowest BCUT2D eigenvalue weighted by Gasteiger charge is -2.19. The van der Waals surface area contributed by atoms with Gasteiger partial charge >= 0.3 is 0 Å². The molecule has 2 aromatic carbocycles. The smallest absolute Gasteiger partial charge is 0.257 e. The molecule has 0 bridgehead atoms. The highest BCUT2D eigenvalue weighted by atomic mass is 19.1. The van der Waals surface area contributed by atoms with Crippen molar-refractivity contribution in [3.8, 4) is 0 Å². The molecular weight excluding hydrogens is 317 g/mol. The molecule has 0 radical (unpaired) electrons. The number of carbonyl (C=O) groups excluding carboxylic acids is 1. The topological polar surface area (TPSA) is 45.2 Å². The number of anilines is 2. The van der Waals surface area contributed by atoms with Gasteiger partial charge in [0.25, 0.3) is 5.91 Å². The summed E-state index contributed by atoms with van der Waals surface area (Å²) < 4.78 is 13.7. The van der Waals surface area contributed by atoms with Gasteiger partial charge in [-0.3, -0.25) is 9.78 Å². The van der Waals surface area contributed by atoms with Crippen molar-refractivity contribution >= 4 is 17.3 Å². The summed E-state index contributed by atoms with van der Waals surface area (Å²) in [6, 6.07) is 17.8. The van der Waals surface area contributed by atoms with E-state index in [9.17, 15) is 9.18 Å². The molecule has 1 heterocycles. The lowest BCUT2D eigenvalue weighted by Crippen LogP contribution is -2.18. The van der Waals surface area contributed by atoms with Crippen LogP contribution in [0.4, 0.5) is 15.8 Å². The Morgan fingerprint density at radius 2 is 1.80 bits per heavy atom. The maximum Gasteiger partial charge on any atom is 0.257 e. The minimum Gasteiger partial charge on any atom is -0.369 e. The second kappa shape index (κ2) is 7.57. The number of rotatable bonds is 5. The lowest BCUT2D eigenvalue weighted by atomic mass is 10.2. The zero-order valence-electron chi connectivity index (χ0n) is 13.8. The summed E-state index contributed by atoms with van der Waals surface area (Å²) >= 11 is 0. The van der Waals surface area contributed by atoms with Crippen LogP contribution >= 0.6 is 0 Å². The van der Waals surface area contributed by atoms with Crippen molar-refractivity contribution in [3.63, 3.8) is 0 Å². The van der Waals surface area contributed by atoms with Gasteiger partial charge in [0, 0.05) is 19.8 Å². The Morgan fingerprint density at radius 3 is 2.56 bits per heavy atom. The molecule has 0 aliphatic heterocycles. The zero-order valence-corrected chi connectivity index (χ0v) is 13.8. The number of nitrogens with one attached hydrogen (secondary N) is 1. The Kier molecular flexibility index (Phi) is 5.04. The molecule has 0 fully saturated rings. The molecule has 3 rings (SSSR count). The fourth-order valence-corrected chi connectivity index (χ4v) is 2.47. The first-order chi connectivity index (χ1) is 12.1. The number of carbonyl (C=O) groups is 1. The summed E-state index contributed by atoms with van der Waals surface area (Å²) in [5.41, 5.74) is 2.49. The number of pyridine rings is 1. The molecule has 25 heavy (non-hydrogen) atoms. The molecule has 0 spiro atoms. The summed E-state index contributed by atoms with van der Waals surface area (Å²) in [6.45, 7) is 0.695. The third kappa shape index (κ3) is 4.20. The number of benzene rings is 2. The minimum atomic E-state index is -0.471. The third-order valence-electron chi connectivity index (χ3n) is 3.81. The maximum atomic E-state index is 13.7. The molecule has 3 aromatic rings. The van der Waals surface area contributed by atoms with Gasteiger partial charge < -0.3 is 10.2 Å². The highest BCUT2D eigenvalue weighted by Crippen LogP contribution is 2.18. The second-order valence-corrected chi connectivity index (χ2v) is 5.71. The van der Waals surface area contributed by atoms with Gasteiger partial charge in [0.1, 0.15) is 5.82 Å². The van der Waals surface area contributed by atoms with E-state index in [1.165, 1.54) is 18.3 Å². The first-order valence-corrected chi connectivity index (χ1v) is 7.89. The summed E-state index contributed by atoms with van der Waals surface area (Å²) in [5, 5.41) is 2.57. The Bertz CT molecular complexity index is 868. The van der Waals surface area contributed by atoms with Gasteiger partial charge in [-0.15, -0.1) is 0 Å². The quantitative estimate of drug-likeness (QED) is 0.763. The standard InChI is InChI=1S/C20H18FN3O/c1-24(14-15-7-3-2-4-8-15)17-11-16(12-22-13-17)20(25)23-19-10-6-5-9-18(19)21/h2-13H,14H2,1H3,(H,23,25). The van der Waals surface area contributed by atoms with Crippen LogP contribution in [-0.4, -0.2) is 17.9 Å². The van der Waals surface area contributed by atoms with E-state index in [0.717, 1.165) is 11.3 Å². The van der Waals surface area contributed by atoms with Crippen LogP contribution in [0.15, 0.2) is 73.1 Å². The van der Waals surface area contributed by atoms with E-state index in [1.807, 2.05) is 42.3 Å². The van der Waals surface area contributed by atoms with Crippen molar-refractivity contribution in [1.29, 1.82) is 0 Å². The number of halogens is 1. The van der Waals surface area contributed by atoms with Gasteiger partial charge in [-0.2, -0.15) is 0 Å². The monoisotopic (exact) mass is 335 g/mol. The van der Waals surface area contributed by atoms with Crippen LogP contribution in [0.5, 0.6) is 0 Å². The SMILES string of the molecule is CN(Cc1ccccc1)c1cncc(C(=O)Nc2ccccc2F)c1. The number of amides is 1. The van der Waals surface area contributed by atoms with Crippen LogP contribution in [0.25, 0.3) is 0 Å². The molecule has 1 aromatic heterocycles. The summed E-state index contributed by atoms with van der Waals surface area (Å²) in [5.74, 6) is -0.867. The minimum absolute atomic E-state index is 0.149. The van der Waals surface area contributed by atoms with Gasteiger partial charge in [0.05, 0.1) is 23.1 Å². The van der Waals surface area contributed by atoms with E-state index >= 15 is 0 Å². The van der Waals surface area contributed by atoms with Crippen molar-refractivity contribution < 1.29 is 9.18 Å². The Labute approximate surface area is 145 Å². The van der Waals surface area contributed by atoms with Gasteiger partial charge in [0.15, 0.2) is 0 Å². The van der Waals surface area contributed by atoms with Crippen LogP contribution in [0.1, 0.15) is 15.9 Å². The average Bonchev–Trinajstić information content (AvgIpc) is 2.64. The van der Waals surface area contributed by atoms with Crippen LogP contribution in [0.3, 0.4) is 0 Å². The fourth-order valence-electron chi connectivity index (χ4n) is 2.47. The predicted molar refractivity (Wildman–Crippen MR) is 97.1 cm³/mol. The molecule has 0 saturated carbocycles. The van der Waals surface area contributed by atoms with Gasteiger partial charge in [-0.25, -0.2) is 4.39 Å². The number of nitrogens with zero attached hydrogens (tertiary/aromatic N) is 2. The van der Waals surface area contributed by atoms with Crippen molar-refractivity contribution in [3.05, 3.63) is 90.0 Å². The average molecular weight is 335 g/mol. The third-order valence-corrected chi connectivity index (χ3v) is 3.81. The van der Waals surface area contributed by atoms with Crippen molar-refractivity contribution in [2.24, 2.45) is 0 Å². The molecule has 0 aliphatic carbocycles. The molecule has 0 unspecified atom stereocenters. The van der Waals surface area contributed by atoms with E-state index in [2.05, 4.69) is 10.3 Å². The van der Waals surface area contributed by atoms with Crippen molar-refractivity contribution in [2.45, 2.75) is 6.54 Å². The highest BCUT2D eigenvalue weighted by Gasteiger charge is 2.11. The predicted octanol–water partition coefficient (Wildman–Crippen LogP) is 4.11.